The second-order valence-corrected chi connectivity index (χ2v) is 6.72. The number of halogens is 2. The Balaban J connectivity index is 2.09. The Morgan fingerprint density at radius 1 is 1.21 bits per heavy atom. The number of benzene rings is 2. The van der Waals surface area contributed by atoms with Crippen molar-refractivity contribution in [2.45, 2.75) is 6.54 Å². The number of hydrogen-bond donors (Lipinski definition) is 3. The van der Waals surface area contributed by atoms with Crippen molar-refractivity contribution in [1.82, 2.24) is 9.55 Å². The highest BCUT2D eigenvalue weighted by atomic mass is 35.5. The van der Waals surface area contributed by atoms with Crippen LogP contribution in [0.25, 0.3) is 5.69 Å². The molecule has 10 heteroatoms. The van der Waals surface area contributed by atoms with Crippen LogP contribution < -0.4 is 27.1 Å². The summed E-state index contributed by atoms with van der Waals surface area (Å²) in [6.45, 7) is 0.208. The van der Waals surface area contributed by atoms with Crippen LogP contribution in [0, 0.1) is 0 Å². The lowest BCUT2D eigenvalue weighted by molar-refractivity contribution is 0.102. The van der Waals surface area contributed by atoms with Crippen LogP contribution in [0.5, 0.6) is 5.75 Å². The highest BCUT2D eigenvalue weighted by Gasteiger charge is 2.22. The number of anilines is 2. The van der Waals surface area contributed by atoms with Crippen molar-refractivity contribution in [3.63, 3.8) is 0 Å². The van der Waals surface area contributed by atoms with Crippen molar-refractivity contribution in [1.29, 1.82) is 0 Å². The normalized spacial score (nSPS) is 10.6. The fourth-order valence-corrected chi connectivity index (χ4v) is 3.41. The molecular formula is C19H17Cl2N5O3. The third-order valence-corrected chi connectivity index (χ3v) is 4.79. The Morgan fingerprint density at radius 3 is 2.48 bits per heavy atom. The second-order valence-electron chi connectivity index (χ2n) is 5.91. The zero-order chi connectivity index (χ0) is 21.1. The van der Waals surface area contributed by atoms with Gasteiger partial charge in [-0.15, -0.1) is 0 Å². The summed E-state index contributed by atoms with van der Waals surface area (Å²) in [5, 5.41) is 3.06. The Kier molecular flexibility index (Phi) is 6.07. The van der Waals surface area contributed by atoms with Crippen molar-refractivity contribution in [2.24, 2.45) is 5.73 Å². The van der Waals surface area contributed by atoms with Crippen molar-refractivity contribution >= 4 is 40.6 Å². The van der Waals surface area contributed by atoms with Crippen LogP contribution in [0.3, 0.4) is 0 Å². The largest absolute Gasteiger partial charge is 0.494 e. The maximum absolute atomic E-state index is 13.0. The number of methoxy groups -OCH3 is 1. The molecule has 0 unspecified atom stereocenters. The average Bonchev–Trinajstić information content (AvgIpc) is 2.69. The molecule has 5 N–H and O–H groups in total. The molecule has 8 nitrogen and oxygen atoms in total. The van der Waals surface area contributed by atoms with Crippen LogP contribution >= 0.6 is 23.2 Å². The van der Waals surface area contributed by atoms with Gasteiger partial charge in [-0.05, 0) is 18.2 Å². The zero-order valence-electron chi connectivity index (χ0n) is 15.3. The molecule has 0 saturated carbocycles. The first-order valence-electron chi connectivity index (χ1n) is 8.37. The van der Waals surface area contributed by atoms with Gasteiger partial charge in [0.2, 0.25) is 0 Å². The number of nitrogens with zero attached hydrogens (tertiary/aromatic N) is 2. The predicted octanol–water partition coefficient (Wildman–Crippen LogP) is 2.84. The number of rotatable bonds is 5. The number of carbonyl (C=O) groups is 1. The van der Waals surface area contributed by atoms with Crippen LogP contribution in [0.4, 0.5) is 11.5 Å². The smallest absolute Gasteiger partial charge is 0.273 e. The molecule has 1 aromatic heterocycles. The molecule has 0 spiro atoms. The van der Waals surface area contributed by atoms with Gasteiger partial charge in [-0.25, -0.2) is 4.98 Å². The van der Waals surface area contributed by atoms with E-state index in [-0.39, 0.29) is 33.7 Å². The van der Waals surface area contributed by atoms with Crippen molar-refractivity contribution in [2.75, 3.05) is 18.2 Å². The molecule has 3 aromatic rings. The van der Waals surface area contributed by atoms with E-state index >= 15 is 0 Å². The first-order valence-corrected chi connectivity index (χ1v) is 9.13. The van der Waals surface area contributed by atoms with E-state index in [1.165, 1.54) is 7.11 Å². The molecule has 0 aliphatic heterocycles. The molecule has 0 saturated heterocycles. The number of carbonyl (C=O) groups excluding carboxylic acids is 1. The topological polar surface area (TPSA) is 125 Å². The van der Waals surface area contributed by atoms with Crippen molar-refractivity contribution < 1.29 is 9.53 Å². The molecule has 3 rings (SSSR count). The zero-order valence-corrected chi connectivity index (χ0v) is 16.8. The molecule has 150 valence electrons. The number of aromatic nitrogens is 2. The number of para-hydroxylation sites is 2. The van der Waals surface area contributed by atoms with E-state index in [1.807, 2.05) is 0 Å². The van der Waals surface area contributed by atoms with Crippen LogP contribution in [-0.4, -0.2) is 22.6 Å². The fourth-order valence-electron chi connectivity index (χ4n) is 2.83. The molecule has 0 aliphatic rings. The number of nitrogens with one attached hydrogen (secondary N) is 1. The number of nitrogen functional groups attached to an aromatic ring is 1. The quantitative estimate of drug-likeness (QED) is 0.567. The third-order valence-electron chi connectivity index (χ3n) is 4.18. The first kappa shape index (κ1) is 20.7. The van der Waals surface area contributed by atoms with E-state index in [0.29, 0.717) is 17.0 Å². The van der Waals surface area contributed by atoms with Crippen LogP contribution in [-0.2, 0) is 6.54 Å². The molecule has 1 amide bonds. The average molecular weight is 434 g/mol. The standard InChI is InChI=1S/C19H17Cl2N5O3/c1-29-16-10(8-22)4-2-7-13(16)25-18(27)14-17(23)24-9-26(19(14)28)15-11(20)5-3-6-12(15)21/h2-7,9H,8,22-23H2,1H3,(H,25,27). The maximum atomic E-state index is 13.0. The monoisotopic (exact) mass is 433 g/mol. The van der Waals surface area contributed by atoms with E-state index in [2.05, 4.69) is 10.3 Å². The predicted molar refractivity (Wildman–Crippen MR) is 113 cm³/mol. The Bertz CT molecular complexity index is 1130. The van der Waals surface area contributed by atoms with Gasteiger partial charge in [0.15, 0.2) is 0 Å². The highest BCUT2D eigenvalue weighted by Crippen LogP contribution is 2.30. The Labute approximate surface area is 176 Å². The Hall–Kier alpha value is -3.07. The molecular weight excluding hydrogens is 417 g/mol. The van der Waals surface area contributed by atoms with Gasteiger partial charge in [0.25, 0.3) is 11.5 Å². The van der Waals surface area contributed by atoms with E-state index in [0.717, 1.165) is 10.9 Å². The summed E-state index contributed by atoms with van der Waals surface area (Å²) in [6, 6.07) is 9.84. The van der Waals surface area contributed by atoms with Crippen LogP contribution in [0.15, 0.2) is 47.5 Å². The van der Waals surface area contributed by atoms with Gasteiger partial charge < -0.3 is 21.5 Å². The SMILES string of the molecule is COc1c(CN)cccc1NC(=O)c1c(N)ncn(-c2c(Cl)cccc2Cl)c1=O. The molecule has 1 heterocycles. The number of amides is 1. The van der Waals surface area contributed by atoms with E-state index in [1.54, 1.807) is 36.4 Å². The number of nitrogens with two attached hydrogens (primary N) is 2. The fraction of sp³-hybridized carbons (Fsp3) is 0.105. The van der Waals surface area contributed by atoms with Crippen molar-refractivity contribution in [3.05, 3.63) is 74.3 Å². The highest BCUT2D eigenvalue weighted by molar-refractivity contribution is 6.37. The van der Waals surface area contributed by atoms with Crippen molar-refractivity contribution in [3.8, 4) is 11.4 Å². The minimum atomic E-state index is -0.759. The van der Waals surface area contributed by atoms with E-state index < -0.39 is 11.5 Å². The third kappa shape index (κ3) is 3.91. The summed E-state index contributed by atoms with van der Waals surface area (Å²) in [4.78, 5) is 29.8. The molecule has 29 heavy (non-hydrogen) atoms. The molecule has 0 atom stereocenters. The maximum Gasteiger partial charge on any atom is 0.273 e. The van der Waals surface area contributed by atoms with Gasteiger partial charge in [-0.1, -0.05) is 41.4 Å². The van der Waals surface area contributed by atoms with Gasteiger partial charge in [0.1, 0.15) is 23.5 Å². The minimum Gasteiger partial charge on any atom is -0.494 e. The molecule has 2 aromatic carbocycles. The number of hydrogen-bond acceptors (Lipinski definition) is 6. The van der Waals surface area contributed by atoms with Gasteiger partial charge in [0, 0.05) is 12.1 Å². The lowest BCUT2D eigenvalue weighted by atomic mass is 10.1. The Morgan fingerprint density at radius 2 is 1.86 bits per heavy atom. The second kappa shape index (κ2) is 8.52. The summed E-state index contributed by atoms with van der Waals surface area (Å²) in [6.07, 6.45) is 1.16. The van der Waals surface area contributed by atoms with Crippen LogP contribution in [0.2, 0.25) is 10.0 Å². The summed E-state index contributed by atoms with van der Waals surface area (Å²) in [5.74, 6) is -0.605. The summed E-state index contributed by atoms with van der Waals surface area (Å²) in [7, 11) is 1.45. The summed E-state index contributed by atoms with van der Waals surface area (Å²) in [5.41, 5.74) is 11.7. The van der Waals surface area contributed by atoms with Gasteiger partial charge in [-0.3, -0.25) is 14.2 Å². The minimum absolute atomic E-state index is 0.199. The van der Waals surface area contributed by atoms with E-state index in [9.17, 15) is 9.59 Å². The van der Waals surface area contributed by atoms with Crippen LogP contribution in [0.1, 0.15) is 15.9 Å². The lowest BCUT2D eigenvalue weighted by Crippen LogP contribution is -2.31. The van der Waals surface area contributed by atoms with Gasteiger partial charge >= 0.3 is 0 Å². The lowest BCUT2D eigenvalue weighted by Gasteiger charge is -2.15. The first-order chi connectivity index (χ1) is 13.9. The molecule has 0 fully saturated rings. The number of ether oxygens (including phenoxy) is 1. The molecule has 0 aliphatic carbocycles. The van der Waals surface area contributed by atoms with E-state index in [4.69, 9.17) is 39.4 Å². The van der Waals surface area contributed by atoms with Gasteiger partial charge in [0.05, 0.1) is 28.5 Å². The molecule has 0 bridgehead atoms. The summed E-state index contributed by atoms with van der Waals surface area (Å²) >= 11 is 12.4. The summed E-state index contributed by atoms with van der Waals surface area (Å²) < 4.78 is 6.40. The van der Waals surface area contributed by atoms with Gasteiger partial charge in [-0.2, -0.15) is 0 Å². The molecule has 0 radical (unpaired) electrons.